The molecule has 0 saturated heterocycles. The second-order valence-corrected chi connectivity index (χ2v) is 6.38. The van der Waals surface area contributed by atoms with Crippen LogP contribution in [0, 0.1) is 6.92 Å². The van der Waals surface area contributed by atoms with E-state index in [-0.39, 0.29) is 17.5 Å². The van der Waals surface area contributed by atoms with Crippen molar-refractivity contribution in [1.82, 2.24) is 4.90 Å². The second-order valence-electron chi connectivity index (χ2n) is 5.51. The molecule has 2 aromatic carbocycles. The summed E-state index contributed by atoms with van der Waals surface area (Å²) in [7, 11) is 1.46. The van der Waals surface area contributed by atoms with E-state index in [1.807, 2.05) is 13.0 Å². The first-order valence-electron chi connectivity index (χ1n) is 7.24. The minimum Gasteiger partial charge on any atom is -0.350 e. The molecule has 0 aliphatic carbocycles. The summed E-state index contributed by atoms with van der Waals surface area (Å²) in [4.78, 5) is 26.1. The van der Waals surface area contributed by atoms with Crippen LogP contribution in [-0.4, -0.2) is 23.8 Å². The van der Waals surface area contributed by atoms with Gasteiger partial charge in [-0.25, -0.2) is 0 Å². The van der Waals surface area contributed by atoms with Crippen molar-refractivity contribution in [1.29, 1.82) is 0 Å². The molecule has 0 radical (unpaired) electrons. The summed E-state index contributed by atoms with van der Waals surface area (Å²) in [5, 5.41) is 4.18. The molecule has 1 heterocycles. The van der Waals surface area contributed by atoms with E-state index in [4.69, 9.17) is 23.2 Å². The van der Waals surface area contributed by atoms with Crippen LogP contribution in [0.4, 0.5) is 5.69 Å². The highest BCUT2D eigenvalue weighted by molar-refractivity contribution is 6.37. The van der Waals surface area contributed by atoms with Gasteiger partial charge in [-0.1, -0.05) is 41.4 Å². The van der Waals surface area contributed by atoms with Crippen molar-refractivity contribution in [2.24, 2.45) is 0 Å². The van der Waals surface area contributed by atoms with E-state index in [2.05, 4.69) is 5.32 Å². The second kappa shape index (κ2) is 6.30. The number of likely N-dealkylation sites (N-methyl/N-ethyl adjacent to an activating group) is 1. The van der Waals surface area contributed by atoms with E-state index in [1.165, 1.54) is 7.05 Å². The molecule has 24 heavy (non-hydrogen) atoms. The number of rotatable bonds is 3. The molecule has 0 unspecified atom stereocenters. The molecule has 3 rings (SSSR count). The van der Waals surface area contributed by atoms with Crippen molar-refractivity contribution in [3.8, 4) is 0 Å². The summed E-state index contributed by atoms with van der Waals surface area (Å²) < 4.78 is 0. The molecule has 0 spiro atoms. The molecule has 2 amide bonds. The van der Waals surface area contributed by atoms with E-state index >= 15 is 0 Å². The van der Waals surface area contributed by atoms with E-state index in [9.17, 15) is 9.59 Å². The summed E-state index contributed by atoms with van der Waals surface area (Å²) >= 11 is 11.9. The third kappa shape index (κ3) is 2.90. The molecule has 0 saturated carbocycles. The quantitative estimate of drug-likeness (QED) is 0.837. The van der Waals surface area contributed by atoms with Crippen LogP contribution in [-0.2, 0) is 9.59 Å². The zero-order chi connectivity index (χ0) is 17.4. The van der Waals surface area contributed by atoms with E-state index in [1.54, 1.807) is 36.4 Å². The standard InChI is InChI=1S/C18H14Cl2N2O2/c1-10-3-6-13(20)9-14(10)21-16-15(17(23)22(2)18(16)24)11-4-7-12(19)8-5-11/h3-9,21H,1-2H3. The maximum Gasteiger partial charge on any atom is 0.277 e. The summed E-state index contributed by atoms with van der Waals surface area (Å²) in [6.07, 6.45) is 0. The molecule has 1 aliphatic rings. The SMILES string of the molecule is Cc1ccc(Cl)cc1NC1=C(c2ccc(Cl)cc2)C(=O)N(C)C1=O. The van der Waals surface area contributed by atoms with E-state index < -0.39 is 0 Å². The highest BCUT2D eigenvalue weighted by Crippen LogP contribution is 2.31. The maximum absolute atomic E-state index is 12.5. The van der Waals surface area contributed by atoms with Gasteiger partial charge in [-0.15, -0.1) is 0 Å². The lowest BCUT2D eigenvalue weighted by atomic mass is 10.0. The van der Waals surface area contributed by atoms with Crippen molar-refractivity contribution in [2.45, 2.75) is 6.92 Å². The number of nitrogens with one attached hydrogen (secondary N) is 1. The number of aryl methyl sites for hydroxylation is 1. The molecular formula is C18H14Cl2N2O2. The molecule has 122 valence electrons. The first kappa shape index (κ1) is 16.6. The Morgan fingerprint density at radius 2 is 1.54 bits per heavy atom. The average Bonchev–Trinajstić information content (AvgIpc) is 2.76. The van der Waals surface area contributed by atoms with Crippen molar-refractivity contribution in [2.75, 3.05) is 12.4 Å². The summed E-state index contributed by atoms with van der Waals surface area (Å²) in [5.41, 5.74) is 2.77. The van der Waals surface area contributed by atoms with Crippen LogP contribution in [0.3, 0.4) is 0 Å². The molecule has 0 atom stereocenters. The minimum absolute atomic E-state index is 0.232. The predicted octanol–water partition coefficient (Wildman–Crippen LogP) is 4.12. The Kier molecular flexibility index (Phi) is 4.35. The lowest BCUT2D eigenvalue weighted by Crippen LogP contribution is -2.28. The number of halogens is 2. The average molecular weight is 361 g/mol. The van der Waals surface area contributed by atoms with Gasteiger partial charge >= 0.3 is 0 Å². The molecule has 0 fully saturated rings. The molecule has 2 aromatic rings. The van der Waals surface area contributed by atoms with Crippen LogP contribution in [0.15, 0.2) is 48.2 Å². The van der Waals surface area contributed by atoms with Gasteiger partial charge in [-0.05, 0) is 42.3 Å². The van der Waals surface area contributed by atoms with Crippen molar-refractivity contribution >= 4 is 46.3 Å². The number of anilines is 1. The number of hydrogen-bond acceptors (Lipinski definition) is 3. The van der Waals surface area contributed by atoms with Gasteiger partial charge in [-0.3, -0.25) is 14.5 Å². The molecule has 1 aliphatic heterocycles. The van der Waals surface area contributed by atoms with Crippen molar-refractivity contribution in [3.63, 3.8) is 0 Å². The Morgan fingerprint density at radius 1 is 0.917 bits per heavy atom. The number of carbonyl (C=O) groups excluding carboxylic acids is 2. The van der Waals surface area contributed by atoms with Gasteiger partial charge in [0.05, 0.1) is 5.57 Å². The highest BCUT2D eigenvalue weighted by atomic mass is 35.5. The fourth-order valence-electron chi connectivity index (χ4n) is 2.51. The number of nitrogens with zero attached hydrogens (tertiary/aromatic N) is 1. The van der Waals surface area contributed by atoms with Gasteiger partial charge in [0, 0.05) is 22.8 Å². The van der Waals surface area contributed by atoms with Gasteiger partial charge in [0.1, 0.15) is 5.70 Å². The molecule has 0 aromatic heterocycles. The summed E-state index contributed by atoms with van der Waals surface area (Å²) in [6.45, 7) is 1.89. The number of imide groups is 1. The Balaban J connectivity index is 2.12. The number of carbonyl (C=O) groups is 2. The summed E-state index contributed by atoms with van der Waals surface area (Å²) in [5.74, 6) is -0.742. The Bertz CT molecular complexity index is 873. The zero-order valence-electron chi connectivity index (χ0n) is 13.1. The van der Waals surface area contributed by atoms with Gasteiger partial charge < -0.3 is 5.32 Å². The molecule has 1 N–H and O–H groups in total. The van der Waals surface area contributed by atoms with Gasteiger partial charge in [0.15, 0.2) is 0 Å². The lowest BCUT2D eigenvalue weighted by molar-refractivity contribution is -0.135. The van der Waals surface area contributed by atoms with E-state index in [0.717, 1.165) is 10.5 Å². The van der Waals surface area contributed by atoms with Gasteiger partial charge in [0.25, 0.3) is 11.8 Å². The Labute approximate surface area is 149 Å². The van der Waals surface area contributed by atoms with Crippen LogP contribution in [0.1, 0.15) is 11.1 Å². The zero-order valence-corrected chi connectivity index (χ0v) is 14.6. The Morgan fingerprint density at radius 3 is 2.21 bits per heavy atom. The third-order valence-corrected chi connectivity index (χ3v) is 4.37. The fraction of sp³-hybridized carbons (Fsp3) is 0.111. The smallest absolute Gasteiger partial charge is 0.277 e. The minimum atomic E-state index is -0.385. The van der Waals surface area contributed by atoms with Crippen molar-refractivity contribution < 1.29 is 9.59 Å². The highest BCUT2D eigenvalue weighted by Gasteiger charge is 2.36. The topological polar surface area (TPSA) is 49.4 Å². The monoisotopic (exact) mass is 360 g/mol. The molecule has 6 heteroatoms. The number of benzene rings is 2. The Hall–Kier alpha value is -2.30. The number of hydrogen-bond donors (Lipinski definition) is 1. The van der Waals surface area contributed by atoms with Crippen LogP contribution in [0.25, 0.3) is 5.57 Å². The molecule has 0 bridgehead atoms. The first-order valence-corrected chi connectivity index (χ1v) is 8.00. The fourth-order valence-corrected chi connectivity index (χ4v) is 2.80. The van der Waals surface area contributed by atoms with Gasteiger partial charge in [0.2, 0.25) is 0 Å². The van der Waals surface area contributed by atoms with Crippen LogP contribution in [0.5, 0.6) is 0 Å². The third-order valence-electron chi connectivity index (χ3n) is 3.88. The van der Waals surface area contributed by atoms with E-state index in [0.29, 0.717) is 26.9 Å². The van der Waals surface area contributed by atoms with Crippen molar-refractivity contribution in [3.05, 3.63) is 69.3 Å². The largest absolute Gasteiger partial charge is 0.350 e. The van der Waals surface area contributed by atoms with Gasteiger partial charge in [-0.2, -0.15) is 0 Å². The normalized spacial score (nSPS) is 14.6. The maximum atomic E-state index is 12.5. The lowest BCUT2D eigenvalue weighted by Gasteiger charge is -2.11. The van der Waals surface area contributed by atoms with Crippen LogP contribution in [0.2, 0.25) is 10.0 Å². The molecular weight excluding hydrogens is 347 g/mol. The summed E-state index contributed by atoms with van der Waals surface area (Å²) in [6, 6.07) is 12.1. The van der Waals surface area contributed by atoms with Crippen LogP contribution < -0.4 is 5.32 Å². The predicted molar refractivity (Wildman–Crippen MR) is 96.0 cm³/mol. The van der Waals surface area contributed by atoms with Crippen LogP contribution >= 0.6 is 23.2 Å². The first-order chi connectivity index (χ1) is 11.4. The number of amides is 2. The molecule has 4 nitrogen and oxygen atoms in total.